The van der Waals surface area contributed by atoms with Crippen molar-refractivity contribution in [1.29, 1.82) is 0 Å². The summed E-state index contributed by atoms with van der Waals surface area (Å²) in [7, 11) is 1.36. The zero-order valence-electron chi connectivity index (χ0n) is 10.2. The number of hydrogen-bond acceptors (Lipinski definition) is 4. The maximum absolute atomic E-state index is 11.3. The van der Waals surface area contributed by atoms with Gasteiger partial charge >= 0.3 is 11.9 Å². The van der Waals surface area contributed by atoms with Crippen molar-refractivity contribution in [3.63, 3.8) is 0 Å². The van der Waals surface area contributed by atoms with Crippen molar-refractivity contribution < 1.29 is 19.1 Å². The van der Waals surface area contributed by atoms with Crippen LogP contribution in [0.2, 0.25) is 0 Å². The second kappa shape index (κ2) is 6.03. The summed E-state index contributed by atoms with van der Waals surface area (Å²) in [6, 6.07) is 7.16. The molecule has 0 bridgehead atoms. The Morgan fingerprint density at radius 2 is 1.94 bits per heavy atom. The van der Waals surface area contributed by atoms with Crippen molar-refractivity contribution in [1.82, 2.24) is 0 Å². The lowest BCUT2D eigenvalue weighted by atomic mass is 10.0. The molecule has 0 heterocycles. The summed E-state index contributed by atoms with van der Waals surface area (Å²) in [6.07, 6.45) is 0.482. The highest BCUT2D eigenvalue weighted by atomic mass is 16.5. The van der Waals surface area contributed by atoms with Gasteiger partial charge in [-0.2, -0.15) is 0 Å². The Kier molecular flexibility index (Phi) is 4.69. The predicted molar refractivity (Wildman–Crippen MR) is 62.6 cm³/mol. The van der Waals surface area contributed by atoms with Gasteiger partial charge in [0, 0.05) is 6.92 Å². The van der Waals surface area contributed by atoms with E-state index in [0.29, 0.717) is 12.2 Å². The summed E-state index contributed by atoms with van der Waals surface area (Å²) in [6.45, 7) is 3.12. The smallest absolute Gasteiger partial charge is 0.308 e. The molecule has 4 nitrogen and oxygen atoms in total. The minimum absolute atomic E-state index is 0.267. The number of hydrogen-bond donors (Lipinski definition) is 0. The molecule has 1 aromatic carbocycles. The highest BCUT2D eigenvalue weighted by molar-refractivity contribution is 5.73. The Morgan fingerprint density at radius 1 is 1.29 bits per heavy atom. The second-order valence-corrected chi connectivity index (χ2v) is 3.83. The monoisotopic (exact) mass is 236 g/mol. The van der Waals surface area contributed by atoms with E-state index in [0.717, 1.165) is 5.56 Å². The lowest BCUT2D eigenvalue weighted by Gasteiger charge is -2.12. The third kappa shape index (κ3) is 3.90. The van der Waals surface area contributed by atoms with Crippen LogP contribution in [-0.2, 0) is 20.7 Å². The zero-order valence-corrected chi connectivity index (χ0v) is 10.2. The maximum atomic E-state index is 11.3. The summed E-state index contributed by atoms with van der Waals surface area (Å²) in [4.78, 5) is 22.2. The van der Waals surface area contributed by atoms with E-state index in [9.17, 15) is 9.59 Å². The van der Waals surface area contributed by atoms with Crippen molar-refractivity contribution in [3.8, 4) is 5.75 Å². The summed E-state index contributed by atoms with van der Waals surface area (Å²) >= 11 is 0. The van der Waals surface area contributed by atoms with E-state index >= 15 is 0 Å². The fraction of sp³-hybridized carbons (Fsp3) is 0.385. The molecular formula is C13H16O4. The van der Waals surface area contributed by atoms with E-state index in [4.69, 9.17) is 4.74 Å². The van der Waals surface area contributed by atoms with Crippen molar-refractivity contribution in [2.45, 2.75) is 20.3 Å². The van der Waals surface area contributed by atoms with Crippen LogP contribution in [0.3, 0.4) is 0 Å². The number of ether oxygens (including phenoxy) is 2. The van der Waals surface area contributed by atoms with Crippen molar-refractivity contribution in [2.75, 3.05) is 7.11 Å². The minimum Gasteiger partial charge on any atom is -0.469 e. The molecule has 0 saturated carbocycles. The van der Waals surface area contributed by atoms with Crippen LogP contribution in [0.4, 0.5) is 0 Å². The molecule has 0 aliphatic heterocycles. The molecule has 0 saturated heterocycles. The number of benzene rings is 1. The quantitative estimate of drug-likeness (QED) is 0.592. The average molecular weight is 236 g/mol. The topological polar surface area (TPSA) is 52.6 Å². The molecule has 0 N–H and O–H groups in total. The lowest BCUT2D eigenvalue weighted by molar-refractivity contribution is -0.144. The Hall–Kier alpha value is -1.84. The molecule has 1 atom stereocenters. The van der Waals surface area contributed by atoms with Gasteiger partial charge in [-0.3, -0.25) is 9.59 Å². The summed E-state index contributed by atoms with van der Waals surface area (Å²) in [5, 5.41) is 0. The van der Waals surface area contributed by atoms with Crippen LogP contribution in [0.25, 0.3) is 0 Å². The predicted octanol–water partition coefficient (Wildman–Crippen LogP) is 1.96. The van der Waals surface area contributed by atoms with E-state index in [1.54, 1.807) is 19.1 Å². The summed E-state index contributed by atoms with van der Waals surface area (Å²) in [5.74, 6) is -0.418. The van der Waals surface area contributed by atoms with Gasteiger partial charge in [-0.15, -0.1) is 0 Å². The van der Waals surface area contributed by atoms with Crippen LogP contribution in [0.5, 0.6) is 5.75 Å². The SMILES string of the molecule is COC(=O)C(C)Cc1ccccc1OC(C)=O. The van der Waals surface area contributed by atoms with E-state index in [2.05, 4.69) is 4.74 Å². The van der Waals surface area contributed by atoms with Gasteiger partial charge in [0.1, 0.15) is 5.75 Å². The third-order valence-electron chi connectivity index (χ3n) is 2.36. The van der Waals surface area contributed by atoms with Gasteiger partial charge in [-0.25, -0.2) is 0 Å². The molecular weight excluding hydrogens is 220 g/mol. The minimum atomic E-state index is -0.372. The average Bonchev–Trinajstić information content (AvgIpc) is 2.29. The van der Waals surface area contributed by atoms with Gasteiger partial charge in [-0.05, 0) is 18.1 Å². The van der Waals surface area contributed by atoms with E-state index < -0.39 is 0 Å². The zero-order chi connectivity index (χ0) is 12.8. The van der Waals surface area contributed by atoms with Crippen LogP contribution in [0, 0.1) is 5.92 Å². The van der Waals surface area contributed by atoms with Gasteiger partial charge in [0.2, 0.25) is 0 Å². The molecule has 0 aliphatic rings. The number of rotatable bonds is 4. The summed E-state index contributed by atoms with van der Waals surface area (Å²) in [5.41, 5.74) is 0.820. The first-order chi connectivity index (χ1) is 8.04. The first kappa shape index (κ1) is 13.2. The van der Waals surface area contributed by atoms with E-state index in [-0.39, 0.29) is 17.9 Å². The Labute approximate surface area is 101 Å². The highest BCUT2D eigenvalue weighted by Gasteiger charge is 2.16. The molecule has 1 aromatic rings. The molecule has 1 unspecified atom stereocenters. The van der Waals surface area contributed by atoms with E-state index in [1.807, 2.05) is 12.1 Å². The molecule has 92 valence electrons. The molecule has 0 radical (unpaired) electrons. The van der Waals surface area contributed by atoms with Gasteiger partial charge in [0.05, 0.1) is 13.0 Å². The van der Waals surface area contributed by atoms with Crippen LogP contribution in [0.15, 0.2) is 24.3 Å². The summed E-state index contributed by atoms with van der Waals surface area (Å²) < 4.78 is 9.73. The van der Waals surface area contributed by atoms with Crippen LogP contribution in [0.1, 0.15) is 19.4 Å². The number of carbonyl (C=O) groups is 2. The third-order valence-corrected chi connectivity index (χ3v) is 2.36. The first-order valence-electron chi connectivity index (χ1n) is 5.38. The molecule has 1 rings (SSSR count). The van der Waals surface area contributed by atoms with Gasteiger partial charge in [0.25, 0.3) is 0 Å². The molecule has 0 spiro atoms. The molecule has 4 heteroatoms. The van der Waals surface area contributed by atoms with Crippen molar-refractivity contribution in [3.05, 3.63) is 29.8 Å². The second-order valence-electron chi connectivity index (χ2n) is 3.83. The first-order valence-corrected chi connectivity index (χ1v) is 5.38. The Balaban J connectivity index is 2.83. The molecule has 0 fully saturated rings. The fourth-order valence-corrected chi connectivity index (χ4v) is 1.54. The maximum Gasteiger partial charge on any atom is 0.308 e. The number of carbonyl (C=O) groups excluding carboxylic acids is 2. The van der Waals surface area contributed by atoms with E-state index in [1.165, 1.54) is 14.0 Å². The van der Waals surface area contributed by atoms with Gasteiger partial charge in [-0.1, -0.05) is 25.1 Å². The highest BCUT2D eigenvalue weighted by Crippen LogP contribution is 2.21. The normalized spacial score (nSPS) is 11.7. The number of esters is 2. The largest absolute Gasteiger partial charge is 0.469 e. The van der Waals surface area contributed by atoms with Crippen LogP contribution < -0.4 is 4.74 Å². The van der Waals surface area contributed by atoms with Crippen molar-refractivity contribution >= 4 is 11.9 Å². The molecule has 0 aromatic heterocycles. The van der Waals surface area contributed by atoms with Gasteiger partial charge < -0.3 is 9.47 Å². The standard InChI is InChI=1S/C13H16O4/c1-9(13(15)16-3)8-11-6-4-5-7-12(11)17-10(2)14/h4-7,9H,8H2,1-3H3. The van der Waals surface area contributed by atoms with Crippen molar-refractivity contribution in [2.24, 2.45) is 5.92 Å². The molecule has 0 amide bonds. The number of methoxy groups -OCH3 is 1. The lowest BCUT2D eigenvalue weighted by Crippen LogP contribution is -2.16. The molecule has 17 heavy (non-hydrogen) atoms. The Morgan fingerprint density at radius 3 is 2.53 bits per heavy atom. The Bertz CT molecular complexity index is 412. The number of para-hydroxylation sites is 1. The fourth-order valence-electron chi connectivity index (χ4n) is 1.54. The van der Waals surface area contributed by atoms with Gasteiger partial charge in [0.15, 0.2) is 0 Å². The van der Waals surface area contributed by atoms with Crippen LogP contribution in [-0.4, -0.2) is 19.0 Å². The van der Waals surface area contributed by atoms with Crippen LogP contribution >= 0.6 is 0 Å². The molecule has 0 aliphatic carbocycles.